The number of pyridine rings is 1. The van der Waals surface area contributed by atoms with E-state index in [-0.39, 0.29) is 5.82 Å². The van der Waals surface area contributed by atoms with Crippen molar-refractivity contribution in [3.63, 3.8) is 0 Å². The van der Waals surface area contributed by atoms with Gasteiger partial charge >= 0.3 is 0 Å². The molecule has 2 aromatic rings. The number of nitrogens with zero attached hydrogens (tertiary/aromatic N) is 1. The van der Waals surface area contributed by atoms with Crippen molar-refractivity contribution < 1.29 is 9.13 Å². The van der Waals surface area contributed by atoms with Gasteiger partial charge in [0, 0.05) is 24.4 Å². The molecule has 2 nitrogen and oxygen atoms in total. The van der Waals surface area contributed by atoms with Crippen molar-refractivity contribution in [2.24, 2.45) is 0 Å². The standard InChI is InChI=1S/C14H14FNO/c1-11-5-6-13(10-14(11)15)17-9-7-12-4-2-3-8-16-12/h2-6,8,10H,7,9H2,1H3. The van der Waals surface area contributed by atoms with Crippen LogP contribution in [0.2, 0.25) is 0 Å². The van der Waals surface area contributed by atoms with E-state index >= 15 is 0 Å². The molecule has 88 valence electrons. The van der Waals surface area contributed by atoms with Crippen molar-refractivity contribution in [2.45, 2.75) is 13.3 Å². The van der Waals surface area contributed by atoms with Gasteiger partial charge in [-0.05, 0) is 30.7 Å². The van der Waals surface area contributed by atoms with Crippen LogP contribution in [0.25, 0.3) is 0 Å². The van der Waals surface area contributed by atoms with Gasteiger partial charge in [-0.1, -0.05) is 12.1 Å². The maximum absolute atomic E-state index is 13.2. The molecule has 0 aliphatic rings. The predicted octanol–water partition coefficient (Wildman–Crippen LogP) is 3.15. The zero-order valence-corrected chi connectivity index (χ0v) is 9.69. The Labute approximate surface area is 100 Å². The molecule has 0 saturated heterocycles. The second-order valence-electron chi connectivity index (χ2n) is 3.83. The van der Waals surface area contributed by atoms with Crippen molar-refractivity contribution >= 4 is 0 Å². The number of halogens is 1. The van der Waals surface area contributed by atoms with E-state index in [2.05, 4.69) is 4.98 Å². The first-order valence-corrected chi connectivity index (χ1v) is 5.54. The molecule has 0 unspecified atom stereocenters. The SMILES string of the molecule is Cc1ccc(OCCc2ccccn2)cc1F. The molecule has 0 aliphatic heterocycles. The maximum Gasteiger partial charge on any atom is 0.129 e. The maximum atomic E-state index is 13.2. The van der Waals surface area contributed by atoms with Crippen LogP contribution in [-0.2, 0) is 6.42 Å². The molecule has 0 fully saturated rings. The summed E-state index contributed by atoms with van der Waals surface area (Å²) >= 11 is 0. The van der Waals surface area contributed by atoms with Crippen LogP contribution < -0.4 is 4.74 Å². The van der Waals surface area contributed by atoms with E-state index in [1.54, 1.807) is 25.3 Å². The lowest BCUT2D eigenvalue weighted by atomic mass is 10.2. The Morgan fingerprint density at radius 2 is 2.12 bits per heavy atom. The second-order valence-corrected chi connectivity index (χ2v) is 3.83. The topological polar surface area (TPSA) is 22.1 Å². The first-order chi connectivity index (χ1) is 8.25. The van der Waals surface area contributed by atoms with Crippen LogP contribution >= 0.6 is 0 Å². The Kier molecular flexibility index (Phi) is 3.70. The lowest BCUT2D eigenvalue weighted by Crippen LogP contribution is -2.03. The minimum atomic E-state index is -0.236. The summed E-state index contributed by atoms with van der Waals surface area (Å²) in [5.41, 5.74) is 1.60. The molecule has 1 aromatic heterocycles. The number of aryl methyl sites for hydroxylation is 1. The lowest BCUT2D eigenvalue weighted by Gasteiger charge is -2.06. The minimum absolute atomic E-state index is 0.236. The van der Waals surface area contributed by atoms with Gasteiger partial charge in [0.05, 0.1) is 6.61 Å². The third-order valence-corrected chi connectivity index (χ3v) is 2.50. The highest BCUT2D eigenvalue weighted by Gasteiger charge is 2.00. The summed E-state index contributed by atoms with van der Waals surface area (Å²) in [5, 5.41) is 0. The summed E-state index contributed by atoms with van der Waals surface area (Å²) in [5.74, 6) is 0.323. The molecule has 1 heterocycles. The Morgan fingerprint density at radius 1 is 1.24 bits per heavy atom. The first kappa shape index (κ1) is 11.6. The summed E-state index contributed by atoms with van der Waals surface area (Å²) in [4.78, 5) is 4.19. The Morgan fingerprint density at radius 3 is 2.82 bits per heavy atom. The van der Waals surface area contributed by atoms with Gasteiger partial charge < -0.3 is 4.74 Å². The van der Waals surface area contributed by atoms with E-state index in [9.17, 15) is 4.39 Å². The number of ether oxygens (including phenoxy) is 1. The van der Waals surface area contributed by atoms with E-state index in [0.29, 0.717) is 17.9 Å². The van der Waals surface area contributed by atoms with Crippen molar-refractivity contribution in [2.75, 3.05) is 6.61 Å². The molecule has 2 rings (SSSR count). The molecule has 0 bridgehead atoms. The number of aromatic nitrogens is 1. The van der Waals surface area contributed by atoms with Crippen LogP contribution in [0.15, 0.2) is 42.6 Å². The van der Waals surface area contributed by atoms with Gasteiger partial charge in [0.2, 0.25) is 0 Å². The number of rotatable bonds is 4. The minimum Gasteiger partial charge on any atom is -0.493 e. The number of hydrogen-bond donors (Lipinski definition) is 0. The third-order valence-electron chi connectivity index (χ3n) is 2.50. The highest BCUT2D eigenvalue weighted by molar-refractivity contribution is 5.28. The van der Waals surface area contributed by atoms with E-state index < -0.39 is 0 Å². The van der Waals surface area contributed by atoms with Gasteiger partial charge in [-0.25, -0.2) is 4.39 Å². The van der Waals surface area contributed by atoms with Crippen molar-refractivity contribution in [3.8, 4) is 5.75 Å². The quantitative estimate of drug-likeness (QED) is 0.806. The van der Waals surface area contributed by atoms with E-state index in [1.165, 1.54) is 6.07 Å². The van der Waals surface area contributed by atoms with Gasteiger partial charge in [-0.3, -0.25) is 4.98 Å². The summed E-state index contributed by atoms with van der Waals surface area (Å²) in [6.07, 6.45) is 2.47. The third kappa shape index (κ3) is 3.28. The number of hydrogen-bond acceptors (Lipinski definition) is 2. The molecule has 3 heteroatoms. The fourth-order valence-corrected chi connectivity index (χ4v) is 1.48. The van der Waals surface area contributed by atoms with Gasteiger partial charge in [0.15, 0.2) is 0 Å². The predicted molar refractivity (Wildman–Crippen MR) is 64.6 cm³/mol. The fraction of sp³-hybridized carbons (Fsp3) is 0.214. The summed E-state index contributed by atoms with van der Waals surface area (Å²) in [7, 11) is 0. The van der Waals surface area contributed by atoms with Crippen LogP contribution in [0.5, 0.6) is 5.75 Å². The zero-order chi connectivity index (χ0) is 12.1. The normalized spacial score (nSPS) is 10.2. The molecule has 0 aliphatic carbocycles. The number of benzene rings is 1. The van der Waals surface area contributed by atoms with E-state index in [1.807, 2.05) is 18.2 Å². The molecule has 0 saturated carbocycles. The van der Waals surface area contributed by atoms with Gasteiger partial charge in [0.25, 0.3) is 0 Å². The van der Waals surface area contributed by atoms with Gasteiger partial charge in [-0.2, -0.15) is 0 Å². The largest absolute Gasteiger partial charge is 0.493 e. The molecular weight excluding hydrogens is 217 g/mol. The van der Waals surface area contributed by atoms with Crippen LogP contribution in [0.1, 0.15) is 11.3 Å². The van der Waals surface area contributed by atoms with E-state index in [0.717, 1.165) is 12.1 Å². The molecule has 1 aromatic carbocycles. The molecular formula is C14H14FNO. The molecule has 0 atom stereocenters. The highest BCUT2D eigenvalue weighted by Crippen LogP contribution is 2.15. The Bertz CT molecular complexity index is 485. The van der Waals surface area contributed by atoms with Crippen molar-refractivity contribution in [3.05, 3.63) is 59.7 Å². The summed E-state index contributed by atoms with van der Waals surface area (Å²) in [6, 6.07) is 10.7. The average molecular weight is 231 g/mol. The Hall–Kier alpha value is -1.90. The van der Waals surface area contributed by atoms with E-state index in [4.69, 9.17) is 4.74 Å². The summed E-state index contributed by atoms with van der Waals surface area (Å²) in [6.45, 7) is 2.23. The van der Waals surface area contributed by atoms with Gasteiger partial charge in [0.1, 0.15) is 11.6 Å². The van der Waals surface area contributed by atoms with Gasteiger partial charge in [-0.15, -0.1) is 0 Å². The monoisotopic (exact) mass is 231 g/mol. The molecule has 0 radical (unpaired) electrons. The van der Waals surface area contributed by atoms with Crippen LogP contribution in [-0.4, -0.2) is 11.6 Å². The second kappa shape index (κ2) is 5.43. The lowest BCUT2D eigenvalue weighted by molar-refractivity contribution is 0.318. The highest BCUT2D eigenvalue weighted by atomic mass is 19.1. The molecule has 0 amide bonds. The van der Waals surface area contributed by atoms with Crippen molar-refractivity contribution in [1.29, 1.82) is 0 Å². The first-order valence-electron chi connectivity index (χ1n) is 5.54. The average Bonchev–Trinajstić information content (AvgIpc) is 2.35. The molecule has 0 N–H and O–H groups in total. The Balaban J connectivity index is 1.88. The zero-order valence-electron chi connectivity index (χ0n) is 9.69. The molecule has 17 heavy (non-hydrogen) atoms. The van der Waals surface area contributed by atoms with Crippen LogP contribution in [0.3, 0.4) is 0 Å². The van der Waals surface area contributed by atoms with Crippen LogP contribution in [0, 0.1) is 12.7 Å². The summed E-state index contributed by atoms with van der Waals surface area (Å²) < 4.78 is 18.7. The smallest absolute Gasteiger partial charge is 0.129 e. The van der Waals surface area contributed by atoms with Crippen molar-refractivity contribution in [1.82, 2.24) is 4.98 Å². The van der Waals surface area contributed by atoms with Crippen LogP contribution in [0.4, 0.5) is 4.39 Å². The fourth-order valence-electron chi connectivity index (χ4n) is 1.48. The molecule has 0 spiro atoms.